The Balaban J connectivity index is 2.28. The standard InChI is InChI=1S/C12H19N3O4/c1-3-18-11-9(12(16)19-4-2)10(13-14-11)15-5-7-17-8-6-15/h3-8H2,1-2H3,(H,13,14). The summed E-state index contributed by atoms with van der Waals surface area (Å²) in [7, 11) is 0. The van der Waals surface area contributed by atoms with Crippen molar-refractivity contribution in [3.8, 4) is 5.88 Å². The summed E-state index contributed by atoms with van der Waals surface area (Å²) in [6.07, 6.45) is 0. The van der Waals surface area contributed by atoms with Gasteiger partial charge in [0.15, 0.2) is 11.4 Å². The summed E-state index contributed by atoms with van der Waals surface area (Å²) in [5.41, 5.74) is 0.366. The third kappa shape index (κ3) is 2.98. The number of rotatable bonds is 5. The number of nitrogens with one attached hydrogen (secondary N) is 1. The third-order valence-corrected chi connectivity index (χ3v) is 2.79. The molecule has 1 fully saturated rings. The Bertz CT molecular complexity index is 427. The van der Waals surface area contributed by atoms with Crippen molar-refractivity contribution in [2.45, 2.75) is 13.8 Å². The van der Waals surface area contributed by atoms with Crippen molar-refractivity contribution >= 4 is 11.8 Å². The minimum Gasteiger partial charge on any atom is -0.478 e. The summed E-state index contributed by atoms with van der Waals surface area (Å²) < 4.78 is 15.8. The number of anilines is 1. The van der Waals surface area contributed by atoms with Gasteiger partial charge in [-0.25, -0.2) is 9.89 Å². The van der Waals surface area contributed by atoms with Crippen LogP contribution in [0.4, 0.5) is 5.82 Å². The SMILES string of the molecule is CCOC(=O)c1c(N2CCOCC2)n[nH]c1OCC. The lowest BCUT2D eigenvalue weighted by atomic mass is 10.2. The van der Waals surface area contributed by atoms with Crippen molar-refractivity contribution in [1.29, 1.82) is 0 Å². The molecule has 0 radical (unpaired) electrons. The first-order valence-corrected chi connectivity index (χ1v) is 6.48. The molecule has 0 unspecified atom stereocenters. The first-order valence-electron chi connectivity index (χ1n) is 6.48. The molecule has 0 aromatic carbocycles. The minimum atomic E-state index is -0.416. The first-order chi connectivity index (χ1) is 9.27. The zero-order chi connectivity index (χ0) is 13.7. The monoisotopic (exact) mass is 269 g/mol. The number of carbonyl (C=O) groups excluding carboxylic acids is 1. The Kier molecular flexibility index (Phi) is 4.62. The van der Waals surface area contributed by atoms with Gasteiger partial charge < -0.3 is 19.1 Å². The molecule has 1 aliphatic heterocycles. The molecule has 7 nitrogen and oxygen atoms in total. The van der Waals surface area contributed by atoms with Crippen LogP contribution in [0.25, 0.3) is 0 Å². The Morgan fingerprint density at radius 2 is 2.11 bits per heavy atom. The number of esters is 1. The van der Waals surface area contributed by atoms with Crippen molar-refractivity contribution in [3.63, 3.8) is 0 Å². The maximum atomic E-state index is 12.0. The Morgan fingerprint density at radius 3 is 2.74 bits per heavy atom. The van der Waals surface area contributed by atoms with Gasteiger partial charge in [0.2, 0.25) is 5.88 Å². The predicted molar refractivity (Wildman–Crippen MR) is 68.7 cm³/mol. The average molecular weight is 269 g/mol. The van der Waals surface area contributed by atoms with Crippen molar-refractivity contribution in [1.82, 2.24) is 10.2 Å². The molecule has 1 N–H and O–H groups in total. The molecule has 1 aliphatic rings. The number of ether oxygens (including phenoxy) is 3. The molecule has 2 heterocycles. The van der Waals surface area contributed by atoms with Crippen LogP contribution in [0.1, 0.15) is 24.2 Å². The van der Waals surface area contributed by atoms with Gasteiger partial charge >= 0.3 is 5.97 Å². The first kappa shape index (κ1) is 13.7. The number of H-pyrrole nitrogens is 1. The van der Waals surface area contributed by atoms with Gasteiger partial charge in [-0.15, -0.1) is 0 Å². The maximum Gasteiger partial charge on any atom is 0.347 e. The molecular formula is C12H19N3O4. The number of aromatic amines is 1. The highest BCUT2D eigenvalue weighted by Gasteiger charge is 2.27. The molecular weight excluding hydrogens is 250 g/mol. The van der Waals surface area contributed by atoms with Gasteiger partial charge in [-0.1, -0.05) is 0 Å². The number of hydrogen-bond acceptors (Lipinski definition) is 6. The van der Waals surface area contributed by atoms with E-state index in [1.54, 1.807) is 6.92 Å². The smallest absolute Gasteiger partial charge is 0.347 e. The molecule has 0 spiro atoms. The van der Waals surface area contributed by atoms with Crippen LogP contribution in [0.2, 0.25) is 0 Å². The quantitative estimate of drug-likeness (QED) is 0.798. The van der Waals surface area contributed by atoms with E-state index in [1.165, 1.54) is 0 Å². The van der Waals surface area contributed by atoms with Crippen LogP contribution in [-0.4, -0.2) is 55.7 Å². The van der Waals surface area contributed by atoms with E-state index < -0.39 is 5.97 Å². The highest BCUT2D eigenvalue weighted by molar-refractivity contribution is 5.97. The number of aromatic nitrogens is 2. The molecule has 7 heteroatoms. The van der Waals surface area contributed by atoms with Gasteiger partial charge in [0.1, 0.15) is 0 Å². The third-order valence-electron chi connectivity index (χ3n) is 2.79. The number of nitrogens with zero attached hydrogens (tertiary/aromatic N) is 2. The van der Waals surface area contributed by atoms with Crippen LogP contribution < -0.4 is 9.64 Å². The fourth-order valence-corrected chi connectivity index (χ4v) is 1.96. The van der Waals surface area contributed by atoms with Crippen molar-refractivity contribution in [2.24, 2.45) is 0 Å². The predicted octanol–water partition coefficient (Wildman–Crippen LogP) is 0.822. The Hall–Kier alpha value is -1.76. The summed E-state index contributed by atoms with van der Waals surface area (Å²) in [5, 5.41) is 6.94. The summed E-state index contributed by atoms with van der Waals surface area (Å²) in [6.45, 7) is 7.04. The molecule has 0 saturated carbocycles. The van der Waals surface area contributed by atoms with Gasteiger partial charge in [-0.3, -0.25) is 0 Å². The van der Waals surface area contributed by atoms with Gasteiger partial charge in [0.05, 0.1) is 26.4 Å². The topological polar surface area (TPSA) is 76.7 Å². The largest absolute Gasteiger partial charge is 0.478 e. The molecule has 0 amide bonds. The molecule has 19 heavy (non-hydrogen) atoms. The van der Waals surface area contributed by atoms with Crippen molar-refractivity contribution < 1.29 is 19.0 Å². The lowest BCUT2D eigenvalue weighted by molar-refractivity contribution is 0.0522. The summed E-state index contributed by atoms with van der Waals surface area (Å²) in [4.78, 5) is 14.0. The molecule has 0 atom stereocenters. The highest BCUT2D eigenvalue weighted by Crippen LogP contribution is 2.28. The van der Waals surface area contributed by atoms with Crippen LogP contribution in [0.3, 0.4) is 0 Å². The zero-order valence-corrected chi connectivity index (χ0v) is 11.3. The van der Waals surface area contributed by atoms with E-state index in [4.69, 9.17) is 14.2 Å². The molecule has 0 aliphatic carbocycles. The average Bonchev–Trinajstić information content (AvgIpc) is 2.84. The fourth-order valence-electron chi connectivity index (χ4n) is 1.96. The summed E-state index contributed by atoms with van der Waals surface area (Å²) in [5.74, 6) is 0.522. The van der Waals surface area contributed by atoms with E-state index in [2.05, 4.69) is 10.2 Å². The van der Waals surface area contributed by atoms with Gasteiger partial charge in [0.25, 0.3) is 0 Å². The van der Waals surface area contributed by atoms with E-state index in [9.17, 15) is 4.79 Å². The highest BCUT2D eigenvalue weighted by atomic mass is 16.5. The molecule has 1 saturated heterocycles. The summed E-state index contributed by atoms with van der Waals surface area (Å²) in [6, 6.07) is 0. The van der Waals surface area contributed by atoms with Gasteiger partial charge in [-0.05, 0) is 13.8 Å². The lowest BCUT2D eigenvalue weighted by Gasteiger charge is -2.27. The minimum absolute atomic E-state index is 0.318. The number of morpholine rings is 1. The molecule has 0 bridgehead atoms. The molecule has 1 aromatic rings. The van der Waals surface area contributed by atoms with E-state index in [1.807, 2.05) is 11.8 Å². The van der Waals surface area contributed by atoms with Gasteiger partial charge in [0, 0.05) is 13.1 Å². The number of carbonyl (C=O) groups is 1. The van der Waals surface area contributed by atoms with E-state index in [0.717, 1.165) is 0 Å². The second-order valence-corrected chi connectivity index (χ2v) is 4.00. The lowest BCUT2D eigenvalue weighted by Crippen LogP contribution is -2.37. The Labute approximate surface area is 111 Å². The van der Waals surface area contributed by atoms with E-state index in [0.29, 0.717) is 56.8 Å². The van der Waals surface area contributed by atoms with E-state index in [-0.39, 0.29) is 0 Å². The fraction of sp³-hybridized carbons (Fsp3) is 0.667. The molecule has 106 valence electrons. The van der Waals surface area contributed by atoms with Crippen LogP contribution in [0.5, 0.6) is 5.88 Å². The number of hydrogen-bond donors (Lipinski definition) is 1. The van der Waals surface area contributed by atoms with Crippen LogP contribution in [-0.2, 0) is 9.47 Å². The Morgan fingerprint density at radius 1 is 1.37 bits per heavy atom. The molecule has 2 rings (SSSR count). The van der Waals surface area contributed by atoms with Gasteiger partial charge in [-0.2, -0.15) is 5.10 Å². The van der Waals surface area contributed by atoms with Crippen LogP contribution in [0.15, 0.2) is 0 Å². The summed E-state index contributed by atoms with van der Waals surface area (Å²) >= 11 is 0. The van der Waals surface area contributed by atoms with Crippen molar-refractivity contribution in [2.75, 3.05) is 44.4 Å². The van der Waals surface area contributed by atoms with Crippen LogP contribution >= 0.6 is 0 Å². The second-order valence-electron chi connectivity index (χ2n) is 4.00. The normalized spacial score (nSPS) is 15.4. The zero-order valence-electron chi connectivity index (χ0n) is 11.3. The van der Waals surface area contributed by atoms with Crippen LogP contribution in [0, 0.1) is 0 Å². The molecule has 1 aromatic heterocycles. The maximum absolute atomic E-state index is 12.0. The second kappa shape index (κ2) is 6.42. The van der Waals surface area contributed by atoms with Crippen molar-refractivity contribution in [3.05, 3.63) is 5.56 Å². The van der Waals surface area contributed by atoms with E-state index >= 15 is 0 Å².